The van der Waals surface area contributed by atoms with Crippen molar-refractivity contribution in [3.8, 4) is 0 Å². The van der Waals surface area contributed by atoms with Crippen molar-refractivity contribution in [1.29, 1.82) is 0 Å². The SMILES string of the molecule is C.C=C1CCc2c1ccc1c2c2c3c(ccc2n1CCCNCC)C(=O)CC3.C=C1CCc2c1ccc1c2c2c3c(ccc2n1CCNC(C)C)C(=O)CC3.C=C1CCc2c1ccc1c2c2cc(C(C)=O)ccc2n1CCC1CCCN1C.C=C1CCc2c1ccc1c2c2cc(C(C)=O)ccc2n1CCCNCCC.CC(=O)c1ccc2c(c1)c1cc(C(C)=O)ccc1n2CCNC(C)C. The van der Waals surface area contributed by atoms with Crippen LogP contribution in [0, 0.1) is 0 Å². The first kappa shape index (κ1) is 94.7. The van der Waals surface area contributed by atoms with E-state index in [9.17, 15) is 28.8 Å². The van der Waals surface area contributed by atoms with Gasteiger partial charge in [-0.05, 0) is 369 Å². The van der Waals surface area contributed by atoms with Gasteiger partial charge in [-0.25, -0.2) is 0 Å². The number of hydrogen-bond donors (Lipinski definition) is 4. The van der Waals surface area contributed by atoms with Gasteiger partial charge in [0, 0.05) is 219 Å². The number of aryl methyl sites for hydroxylation is 9. The summed E-state index contributed by atoms with van der Waals surface area (Å²) in [5, 5.41) is 26.5. The van der Waals surface area contributed by atoms with Crippen LogP contribution in [0.3, 0.4) is 0 Å². The fourth-order valence-electron chi connectivity index (χ4n) is 23.1. The van der Waals surface area contributed by atoms with Gasteiger partial charge in [0.2, 0.25) is 0 Å². The number of likely N-dealkylation sites (tertiary alicyclic amines) is 1. The monoisotopic (exact) mass is 1800 g/mol. The molecule has 698 valence electrons. The number of hydrogen-bond acceptors (Lipinski definition) is 11. The zero-order valence-corrected chi connectivity index (χ0v) is 80.8. The minimum atomic E-state index is 0. The van der Waals surface area contributed by atoms with Crippen molar-refractivity contribution < 1.29 is 28.8 Å². The van der Waals surface area contributed by atoms with E-state index in [0.29, 0.717) is 53.7 Å². The summed E-state index contributed by atoms with van der Waals surface area (Å²) in [5.74, 6) is 0.952. The largest absolute Gasteiger partial charge is 0.340 e. The Balaban J connectivity index is 0.000000117. The molecule has 6 heterocycles. The Morgan fingerprint density at radius 2 is 0.644 bits per heavy atom. The van der Waals surface area contributed by atoms with Crippen molar-refractivity contribution in [3.05, 3.63) is 261 Å². The molecule has 1 atom stereocenters. The number of allylic oxidation sites excluding steroid dienone is 4. The molecule has 1 saturated heterocycles. The molecule has 16 nitrogen and oxygen atoms in total. The lowest BCUT2D eigenvalue weighted by atomic mass is 9.97. The fourth-order valence-corrected chi connectivity index (χ4v) is 23.1. The van der Waals surface area contributed by atoms with Gasteiger partial charge in [-0.15, -0.1) is 0 Å². The van der Waals surface area contributed by atoms with Gasteiger partial charge >= 0.3 is 0 Å². The summed E-state index contributed by atoms with van der Waals surface area (Å²) in [6, 6.07) is 52.2. The van der Waals surface area contributed by atoms with Crippen LogP contribution in [-0.2, 0) is 71.2 Å². The summed E-state index contributed by atoms with van der Waals surface area (Å²) in [6.07, 6.45) is 18.6. The summed E-state index contributed by atoms with van der Waals surface area (Å²) in [7, 11) is 2.25. The van der Waals surface area contributed by atoms with Crippen molar-refractivity contribution in [2.45, 2.75) is 243 Å². The maximum Gasteiger partial charge on any atom is 0.163 e. The average Bonchev–Trinajstić information content (AvgIpc) is 1.56. The van der Waals surface area contributed by atoms with Crippen LogP contribution in [0.4, 0.5) is 0 Å². The number of nitrogens with one attached hydrogen (secondary N) is 4. The second-order valence-electron chi connectivity index (χ2n) is 39.2. The van der Waals surface area contributed by atoms with Crippen molar-refractivity contribution in [3.63, 3.8) is 0 Å². The molecule has 1 fully saturated rings. The molecule has 0 amide bonds. The molecule has 0 saturated carbocycles. The number of nitrogens with zero attached hydrogens (tertiary/aromatic N) is 6. The minimum Gasteiger partial charge on any atom is -0.340 e. The molecule has 10 aromatic carbocycles. The summed E-state index contributed by atoms with van der Waals surface area (Å²) >= 11 is 0. The van der Waals surface area contributed by atoms with E-state index in [-0.39, 0.29) is 30.6 Å². The molecule has 5 aromatic heterocycles. The van der Waals surface area contributed by atoms with E-state index in [1.807, 2.05) is 48.5 Å². The Morgan fingerprint density at radius 3 is 0.993 bits per heavy atom. The smallest absolute Gasteiger partial charge is 0.163 e. The van der Waals surface area contributed by atoms with Crippen LogP contribution >= 0.6 is 0 Å². The lowest BCUT2D eigenvalue weighted by molar-refractivity contribution is 0.0986. The molecule has 6 aliphatic carbocycles. The van der Waals surface area contributed by atoms with Crippen LogP contribution in [0.5, 0.6) is 0 Å². The first-order chi connectivity index (χ1) is 64.8. The number of carbonyl (C=O) groups is 6. The van der Waals surface area contributed by atoms with Crippen LogP contribution in [0.1, 0.15) is 271 Å². The molecule has 15 aromatic rings. The normalized spacial score (nSPS) is 15.4. The number of aromatic nitrogens is 5. The molecular formula is C119H136N10O6. The van der Waals surface area contributed by atoms with E-state index in [2.05, 4.69) is 221 Å². The highest BCUT2D eigenvalue weighted by molar-refractivity contribution is 6.21. The van der Waals surface area contributed by atoms with E-state index in [1.165, 1.54) is 197 Å². The van der Waals surface area contributed by atoms with E-state index in [0.717, 1.165) is 193 Å². The highest BCUT2D eigenvalue weighted by atomic mass is 16.1. The van der Waals surface area contributed by atoms with Gasteiger partial charge in [0.1, 0.15) is 0 Å². The minimum absolute atomic E-state index is 0. The van der Waals surface area contributed by atoms with Gasteiger partial charge < -0.3 is 49.0 Å². The second kappa shape index (κ2) is 40.1. The average molecular weight is 1800 g/mol. The van der Waals surface area contributed by atoms with Gasteiger partial charge in [0.25, 0.3) is 0 Å². The molecule has 1 unspecified atom stereocenters. The van der Waals surface area contributed by atoms with Gasteiger partial charge in [-0.2, -0.15) is 0 Å². The summed E-state index contributed by atoms with van der Waals surface area (Å²) in [4.78, 5) is 74.8. The highest BCUT2D eigenvalue weighted by Gasteiger charge is 2.33. The molecule has 0 spiro atoms. The van der Waals surface area contributed by atoms with Gasteiger partial charge in [0.05, 0.1) is 0 Å². The number of Topliss-reactive ketones (excluding diaryl/α,β-unsaturated/α-hetero) is 6. The third-order valence-electron chi connectivity index (χ3n) is 29.9. The summed E-state index contributed by atoms with van der Waals surface area (Å²) < 4.78 is 12.1. The highest BCUT2D eigenvalue weighted by Crippen LogP contribution is 2.49. The van der Waals surface area contributed by atoms with Crippen molar-refractivity contribution in [2.24, 2.45) is 0 Å². The molecule has 16 heteroatoms. The number of rotatable bonds is 26. The van der Waals surface area contributed by atoms with Crippen LogP contribution in [-0.4, -0.2) is 133 Å². The Hall–Kier alpha value is -12.0. The predicted molar refractivity (Wildman–Crippen MR) is 566 cm³/mol. The lowest BCUT2D eigenvalue weighted by Crippen LogP contribution is -2.26. The van der Waals surface area contributed by atoms with Crippen molar-refractivity contribution in [1.82, 2.24) is 49.0 Å². The van der Waals surface area contributed by atoms with E-state index in [1.54, 1.807) is 27.7 Å². The fraction of sp³-hybridized carbons (Fsp3) is 0.378. The third-order valence-corrected chi connectivity index (χ3v) is 29.9. The maximum atomic E-state index is 12.4. The standard InChI is InChI=1S/C25H28N2O.2C24H26N2O.C24H28N2O.C21H24N2O2.CH4/c1-16-6-8-21-20(16)9-11-24-25(21)22-15-18(17(2)28)7-10-23(22)27(24)14-12-19-5-4-13-26(19)3;1-14(2)25-12-13-26-20-9-6-16-15(3)4-5-18(16)23(20)24-19-8-11-22(27)17(19)7-10-21(24)26;1-3-25-13-4-14-26-20-10-7-16-15(2)5-6-18(16)23(20)24-19-9-12-22(27)17(19)8-11-21(24)26;1-4-12-25-13-5-14-26-22-10-7-18(17(3)27)15-21(22)24-20-8-6-16(2)19(20)9-11-23(24)26;1-13(2)22-9-10-23-20-7-5-16(14(3)24)11-18(20)19-12-17(15(4)25)6-8-21(19)23;/h7,9-11,15,19H,1,4-6,8,12-14H2,2-3H3;6-7,9-10,14,25H,3-5,8,11-13H2,1-2H3;7-8,10-11,25H,2-6,9,12-14H2,1H3;7,9-11,15,25H,2,4-6,8,12-14H2,1,3H3;5-8,11-13,22H,9-10H2,1-4H3;1H4. The topological polar surface area (TPSA) is 178 Å². The van der Waals surface area contributed by atoms with Gasteiger partial charge in [-0.3, -0.25) is 28.8 Å². The first-order valence-corrected chi connectivity index (χ1v) is 49.6. The molecule has 4 N–H and O–H groups in total. The molecule has 0 bridgehead atoms. The van der Waals surface area contributed by atoms with Crippen LogP contribution in [0.25, 0.3) is 131 Å². The predicted octanol–water partition coefficient (Wildman–Crippen LogP) is 25.4. The Kier molecular flexibility index (Phi) is 28.1. The summed E-state index contributed by atoms with van der Waals surface area (Å²) in [5.41, 5.74) is 35.8. The molecule has 1 aliphatic heterocycles. The number of ketones is 6. The van der Waals surface area contributed by atoms with Crippen LogP contribution in [0.2, 0.25) is 0 Å². The zero-order chi connectivity index (χ0) is 93.8. The van der Waals surface area contributed by atoms with E-state index in [4.69, 9.17) is 0 Å². The molecular weight excluding hydrogens is 1670 g/mol. The third kappa shape index (κ3) is 18.0. The molecule has 0 radical (unpaired) electrons. The number of fused-ring (bicyclic) bond motifs is 27. The quantitative estimate of drug-likeness (QED) is 0.0300. The maximum absolute atomic E-state index is 12.4. The molecule has 7 aliphatic rings. The second-order valence-corrected chi connectivity index (χ2v) is 39.2. The van der Waals surface area contributed by atoms with Crippen LogP contribution < -0.4 is 21.3 Å². The number of benzene rings is 10. The Labute approximate surface area is 795 Å². The molecule has 135 heavy (non-hydrogen) atoms. The Bertz CT molecular complexity index is 7130. The van der Waals surface area contributed by atoms with Crippen molar-refractivity contribution in [2.75, 3.05) is 52.9 Å². The summed E-state index contributed by atoms with van der Waals surface area (Å²) in [6.45, 7) is 48.4. The zero-order valence-electron chi connectivity index (χ0n) is 80.8. The van der Waals surface area contributed by atoms with E-state index < -0.39 is 0 Å². The van der Waals surface area contributed by atoms with Gasteiger partial charge in [0.15, 0.2) is 34.7 Å². The Morgan fingerprint density at radius 1 is 0.348 bits per heavy atom. The van der Waals surface area contributed by atoms with E-state index >= 15 is 0 Å². The van der Waals surface area contributed by atoms with Crippen molar-refractivity contribution >= 4 is 166 Å². The molecule has 22 rings (SSSR count). The van der Waals surface area contributed by atoms with Gasteiger partial charge in [-0.1, -0.05) is 99.6 Å². The van der Waals surface area contributed by atoms with Crippen LogP contribution in [0.15, 0.2) is 172 Å². The first-order valence-electron chi connectivity index (χ1n) is 49.6. The number of carbonyl (C=O) groups excluding carboxylic acids is 6. The lowest BCUT2D eigenvalue weighted by Gasteiger charge is -2.20.